The molecule has 16 nitrogen and oxygen atoms in total. The predicted octanol–water partition coefficient (Wildman–Crippen LogP) is -0.0692. The number of fused-ring (bicyclic) bond motifs is 1. The largest absolute Gasteiger partial charge is 0.507 e. The number of ether oxygens (including phenoxy) is 4. The Balaban J connectivity index is 1.68. The fraction of sp³-hybridized carbons (Fsp3) is 0.393. The first kappa shape index (κ1) is 32.3. The molecule has 1 fully saturated rings. The summed E-state index contributed by atoms with van der Waals surface area (Å²) in [7, 11) is 1.31. The maximum absolute atomic E-state index is 13.6. The van der Waals surface area contributed by atoms with Crippen molar-refractivity contribution in [2.75, 3.05) is 13.7 Å². The summed E-state index contributed by atoms with van der Waals surface area (Å²) in [6.07, 6.45) is -10.8. The van der Waals surface area contributed by atoms with Gasteiger partial charge >= 0.3 is 11.9 Å². The number of carboxylic acids is 1. The van der Waals surface area contributed by atoms with Crippen LogP contribution in [0.5, 0.6) is 28.7 Å². The second-order valence-corrected chi connectivity index (χ2v) is 10.4. The molecule has 2 heterocycles. The Morgan fingerprint density at radius 2 is 1.66 bits per heavy atom. The summed E-state index contributed by atoms with van der Waals surface area (Å²) in [6, 6.07) is 5.79. The van der Waals surface area contributed by atoms with Gasteiger partial charge in [0.15, 0.2) is 17.3 Å². The number of methoxy groups -OCH3 is 1. The molecule has 0 unspecified atom stereocenters. The number of aromatic hydroxyl groups is 3. The number of carboxylic acid groups (broad SMARTS) is 1. The second kappa shape index (κ2) is 12.6. The number of phenolic OH excluding ortho intramolecular Hbond substituents is 3. The van der Waals surface area contributed by atoms with Crippen LogP contribution in [-0.4, -0.2) is 103 Å². The van der Waals surface area contributed by atoms with Crippen LogP contribution in [0.2, 0.25) is 0 Å². The van der Waals surface area contributed by atoms with Crippen molar-refractivity contribution in [1.82, 2.24) is 0 Å². The Labute approximate surface area is 247 Å². The van der Waals surface area contributed by atoms with Gasteiger partial charge in [0.05, 0.1) is 25.6 Å². The van der Waals surface area contributed by atoms with Crippen LogP contribution in [0.3, 0.4) is 0 Å². The molecule has 1 saturated heterocycles. The highest BCUT2D eigenvalue weighted by molar-refractivity contribution is 5.88. The maximum Gasteiger partial charge on any atom is 0.308 e. The van der Waals surface area contributed by atoms with Crippen LogP contribution < -0.4 is 14.9 Å². The molecule has 2 aromatic carbocycles. The Hall–Kier alpha value is -4.61. The van der Waals surface area contributed by atoms with Crippen LogP contribution in [0.1, 0.15) is 19.8 Å². The molecule has 16 heteroatoms. The molecule has 0 amide bonds. The second-order valence-electron chi connectivity index (χ2n) is 10.4. The molecule has 44 heavy (non-hydrogen) atoms. The third-order valence-corrected chi connectivity index (χ3v) is 6.75. The molecule has 8 N–H and O–H groups in total. The van der Waals surface area contributed by atoms with Gasteiger partial charge in [-0.2, -0.15) is 0 Å². The van der Waals surface area contributed by atoms with Gasteiger partial charge in [0, 0.05) is 17.7 Å². The summed E-state index contributed by atoms with van der Waals surface area (Å²) < 4.78 is 27.1. The summed E-state index contributed by atoms with van der Waals surface area (Å²) in [4.78, 5) is 36.8. The molecule has 0 radical (unpaired) electrons. The monoisotopic (exact) mass is 622 g/mol. The number of carbonyl (C=O) groups is 2. The zero-order valence-electron chi connectivity index (χ0n) is 23.2. The number of esters is 1. The molecule has 0 saturated carbocycles. The fourth-order valence-electron chi connectivity index (χ4n) is 4.53. The minimum Gasteiger partial charge on any atom is -0.507 e. The van der Waals surface area contributed by atoms with E-state index < -0.39 is 96.1 Å². The van der Waals surface area contributed by atoms with Gasteiger partial charge in [-0.25, -0.2) is 0 Å². The Bertz CT molecular complexity index is 1610. The van der Waals surface area contributed by atoms with Crippen molar-refractivity contribution >= 4 is 22.9 Å². The smallest absolute Gasteiger partial charge is 0.308 e. The van der Waals surface area contributed by atoms with Crippen molar-refractivity contribution in [2.24, 2.45) is 0 Å². The topological polar surface area (TPSA) is 263 Å². The highest BCUT2D eigenvalue weighted by Gasteiger charge is 2.46. The zero-order chi connectivity index (χ0) is 32.5. The molecule has 6 atom stereocenters. The van der Waals surface area contributed by atoms with Crippen LogP contribution in [0.4, 0.5) is 0 Å². The van der Waals surface area contributed by atoms with Gasteiger partial charge in [-0.3, -0.25) is 14.4 Å². The first-order valence-electron chi connectivity index (χ1n) is 13.0. The number of aliphatic hydroxyl groups is 4. The van der Waals surface area contributed by atoms with Gasteiger partial charge in [0.1, 0.15) is 53.5 Å². The normalized spacial score (nSPS) is 23.1. The van der Waals surface area contributed by atoms with E-state index in [1.807, 2.05) is 0 Å². The Morgan fingerprint density at radius 1 is 0.955 bits per heavy atom. The summed E-state index contributed by atoms with van der Waals surface area (Å²) in [5, 5.41) is 80.5. The van der Waals surface area contributed by atoms with Crippen LogP contribution in [-0.2, 0) is 19.1 Å². The number of hydrogen-bond acceptors (Lipinski definition) is 15. The molecular formula is C28H30O16. The Kier molecular flexibility index (Phi) is 9.22. The first-order valence-corrected chi connectivity index (χ1v) is 13.0. The van der Waals surface area contributed by atoms with Crippen molar-refractivity contribution in [1.29, 1.82) is 0 Å². The van der Waals surface area contributed by atoms with Gasteiger partial charge in [-0.1, -0.05) is 0 Å². The van der Waals surface area contributed by atoms with Crippen molar-refractivity contribution in [3.63, 3.8) is 0 Å². The molecule has 0 bridgehead atoms. The fourth-order valence-corrected chi connectivity index (χ4v) is 4.53. The van der Waals surface area contributed by atoms with Crippen molar-refractivity contribution in [2.45, 2.75) is 56.1 Å². The zero-order valence-corrected chi connectivity index (χ0v) is 23.2. The van der Waals surface area contributed by atoms with E-state index >= 15 is 0 Å². The van der Waals surface area contributed by atoms with Gasteiger partial charge in [-0.15, -0.1) is 0 Å². The predicted molar refractivity (Wildman–Crippen MR) is 145 cm³/mol. The van der Waals surface area contributed by atoms with Crippen molar-refractivity contribution < 1.29 is 73.8 Å². The minimum absolute atomic E-state index is 0.0126. The van der Waals surface area contributed by atoms with E-state index in [1.54, 1.807) is 0 Å². The van der Waals surface area contributed by atoms with E-state index in [1.165, 1.54) is 19.2 Å². The van der Waals surface area contributed by atoms with E-state index in [0.717, 1.165) is 25.1 Å². The first-order chi connectivity index (χ1) is 20.6. The number of rotatable bonds is 10. The average molecular weight is 623 g/mol. The van der Waals surface area contributed by atoms with E-state index in [-0.39, 0.29) is 28.0 Å². The molecule has 4 rings (SSSR count). The highest BCUT2D eigenvalue weighted by atomic mass is 16.7. The molecule has 3 aromatic rings. The third kappa shape index (κ3) is 6.79. The standard InChI is InChI=1S/C28H30O16/c1-28(39,8-18(32)33)9-19(34)41-10-17-21(35)23(37)24(38)27(43-17)44-26-22(36)20-15(31)6-12(40-2)7-16(20)42-25(26)11-3-4-13(29)14(30)5-11/h3-7,17,21,23-24,27,29-31,35,37-39H,8-10H2,1-2H3,(H,32,33)/t17-,21-,23+,24-,27+,28+/m1/s1. The SMILES string of the molecule is COc1cc(O)c2c(=O)c(O[C@@H]3O[C@H](COC(=O)C[C@@](C)(O)CC(=O)O)[C@@H](O)[C@H](O)[C@H]3O)c(-c3ccc(O)c(O)c3)oc2c1. The summed E-state index contributed by atoms with van der Waals surface area (Å²) in [5.41, 5.74) is -3.13. The number of aliphatic hydroxyl groups excluding tert-OH is 3. The lowest BCUT2D eigenvalue weighted by molar-refractivity contribution is -0.278. The van der Waals surface area contributed by atoms with E-state index in [4.69, 9.17) is 28.5 Å². The van der Waals surface area contributed by atoms with Crippen molar-refractivity contribution in [3.8, 4) is 40.1 Å². The molecule has 1 aliphatic heterocycles. The van der Waals surface area contributed by atoms with Crippen LogP contribution in [0, 0.1) is 0 Å². The van der Waals surface area contributed by atoms with E-state index in [9.17, 15) is 50.1 Å². The molecule has 0 spiro atoms. The van der Waals surface area contributed by atoms with Crippen LogP contribution in [0.25, 0.3) is 22.3 Å². The molecule has 1 aliphatic rings. The highest BCUT2D eigenvalue weighted by Crippen LogP contribution is 2.39. The maximum atomic E-state index is 13.6. The number of aliphatic carboxylic acids is 1. The van der Waals surface area contributed by atoms with Gasteiger partial charge in [-0.05, 0) is 25.1 Å². The van der Waals surface area contributed by atoms with Crippen LogP contribution >= 0.6 is 0 Å². The van der Waals surface area contributed by atoms with E-state index in [0.29, 0.717) is 0 Å². The number of benzene rings is 2. The Morgan fingerprint density at radius 3 is 2.30 bits per heavy atom. The number of carbonyl (C=O) groups excluding carboxylic acids is 1. The molecule has 1 aromatic heterocycles. The molecule has 0 aliphatic carbocycles. The quantitative estimate of drug-likeness (QED) is 0.109. The summed E-state index contributed by atoms with van der Waals surface area (Å²) in [5.74, 6) is -5.02. The van der Waals surface area contributed by atoms with Crippen LogP contribution in [0.15, 0.2) is 39.5 Å². The van der Waals surface area contributed by atoms with Gasteiger partial charge in [0.2, 0.25) is 17.5 Å². The summed E-state index contributed by atoms with van der Waals surface area (Å²) in [6.45, 7) is 0.352. The molecular weight excluding hydrogens is 592 g/mol. The molecule has 238 valence electrons. The lowest BCUT2D eigenvalue weighted by atomic mass is 9.98. The van der Waals surface area contributed by atoms with Crippen molar-refractivity contribution in [3.05, 3.63) is 40.6 Å². The average Bonchev–Trinajstić information content (AvgIpc) is 2.93. The number of phenols is 3. The minimum atomic E-state index is -1.99. The van der Waals surface area contributed by atoms with Gasteiger partial charge in [0.25, 0.3) is 0 Å². The lowest BCUT2D eigenvalue weighted by Gasteiger charge is -2.39. The number of hydrogen-bond donors (Lipinski definition) is 8. The summed E-state index contributed by atoms with van der Waals surface area (Å²) >= 11 is 0. The third-order valence-electron chi connectivity index (χ3n) is 6.75. The van der Waals surface area contributed by atoms with E-state index in [2.05, 4.69) is 0 Å². The van der Waals surface area contributed by atoms with Gasteiger partial charge < -0.3 is 64.2 Å². The lowest BCUT2D eigenvalue weighted by Crippen LogP contribution is -2.60.